The van der Waals surface area contributed by atoms with Crippen LogP contribution in [0.25, 0.3) is 4.96 Å². The third-order valence-corrected chi connectivity index (χ3v) is 4.04. The molecule has 0 spiro atoms. The van der Waals surface area contributed by atoms with Crippen LogP contribution < -0.4 is 15.6 Å². The molecule has 0 saturated carbocycles. The van der Waals surface area contributed by atoms with E-state index in [2.05, 4.69) is 10.3 Å². The van der Waals surface area contributed by atoms with Gasteiger partial charge in [-0.2, -0.15) is 0 Å². The molecule has 0 saturated heterocycles. The highest BCUT2D eigenvalue weighted by Gasteiger charge is 2.13. The highest BCUT2D eigenvalue weighted by molar-refractivity contribution is 7.15. The van der Waals surface area contributed by atoms with E-state index in [1.807, 2.05) is 31.2 Å². The number of ether oxygens (including phenoxy) is 1. The van der Waals surface area contributed by atoms with E-state index in [4.69, 9.17) is 4.74 Å². The van der Waals surface area contributed by atoms with E-state index in [-0.39, 0.29) is 11.1 Å². The minimum atomic E-state index is -0.449. The van der Waals surface area contributed by atoms with Gasteiger partial charge in [-0.05, 0) is 19.1 Å². The van der Waals surface area contributed by atoms with Crippen LogP contribution in [-0.4, -0.2) is 28.4 Å². The first-order valence-electron chi connectivity index (χ1n) is 7.08. The normalized spacial score (nSPS) is 10.7. The highest BCUT2D eigenvalue weighted by atomic mass is 32.1. The highest BCUT2D eigenvalue weighted by Crippen LogP contribution is 2.10. The largest absolute Gasteiger partial charge is 0.492 e. The standard InChI is InChI=1S/C16H15N3O3S/c1-11-2-4-12(5-3-11)22-8-6-17-14(20)13-10-18-16-19(15(13)21)7-9-23-16/h2-5,7,9-10H,6,8H2,1H3,(H,17,20). The van der Waals surface area contributed by atoms with Gasteiger partial charge in [0.1, 0.15) is 17.9 Å². The van der Waals surface area contributed by atoms with Crippen LogP contribution >= 0.6 is 11.3 Å². The maximum Gasteiger partial charge on any atom is 0.271 e. The third kappa shape index (κ3) is 3.40. The number of aromatic nitrogens is 2. The molecule has 1 aromatic carbocycles. The van der Waals surface area contributed by atoms with Gasteiger partial charge in [-0.1, -0.05) is 17.7 Å². The molecule has 3 rings (SSSR count). The molecule has 1 amide bonds. The fourth-order valence-electron chi connectivity index (χ4n) is 2.04. The first-order chi connectivity index (χ1) is 11.1. The first kappa shape index (κ1) is 15.2. The van der Waals surface area contributed by atoms with Gasteiger partial charge in [0.15, 0.2) is 4.96 Å². The maximum absolute atomic E-state index is 12.2. The lowest BCUT2D eigenvalue weighted by atomic mass is 10.2. The van der Waals surface area contributed by atoms with Crippen LogP contribution in [0.2, 0.25) is 0 Å². The fraction of sp³-hybridized carbons (Fsp3) is 0.188. The molecule has 6 nitrogen and oxygen atoms in total. The number of nitrogens with zero attached hydrogens (tertiary/aromatic N) is 2. The molecule has 7 heteroatoms. The van der Waals surface area contributed by atoms with Crippen LogP contribution in [0.1, 0.15) is 15.9 Å². The molecular formula is C16H15N3O3S. The number of thiazole rings is 1. The second-order valence-electron chi connectivity index (χ2n) is 4.95. The van der Waals surface area contributed by atoms with E-state index in [9.17, 15) is 9.59 Å². The number of carbonyl (C=O) groups excluding carboxylic acids is 1. The summed E-state index contributed by atoms with van der Waals surface area (Å²) in [4.78, 5) is 28.9. The molecule has 2 heterocycles. The molecule has 0 radical (unpaired) electrons. The van der Waals surface area contributed by atoms with Crippen LogP contribution in [0.3, 0.4) is 0 Å². The molecule has 1 N–H and O–H groups in total. The Morgan fingerprint density at radius 3 is 2.91 bits per heavy atom. The van der Waals surface area contributed by atoms with Crippen molar-refractivity contribution in [3.63, 3.8) is 0 Å². The summed E-state index contributed by atoms with van der Waals surface area (Å²) >= 11 is 1.34. The summed E-state index contributed by atoms with van der Waals surface area (Å²) in [5.74, 6) is 0.293. The average Bonchev–Trinajstić information content (AvgIpc) is 3.03. The Balaban J connectivity index is 1.57. The van der Waals surface area contributed by atoms with Crippen molar-refractivity contribution >= 4 is 22.2 Å². The Bertz CT molecular complexity index is 883. The lowest BCUT2D eigenvalue weighted by molar-refractivity contribution is 0.0945. The number of fused-ring (bicyclic) bond motifs is 1. The van der Waals surface area contributed by atoms with E-state index in [0.717, 1.165) is 11.3 Å². The molecule has 0 aliphatic heterocycles. The summed E-state index contributed by atoms with van der Waals surface area (Å²) in [6.07, 6.45) is 2.91. The lowest BCUT2D eigenvalue weighted by Crippen LogP contribution is -2.33. The van der Waals surface area contributed by atoms with Crippen molar-refractivity contribution in [1.29, 1.82) is 0 Å². The lowest BCUT2D eigenvalue weighted by Gasteiger charge is -2.07. The molecule has 0 aliphatic carbocycles. The molecular weight excluding hydrogens is 314 g/mol. The Morgan fingerprint density at radius 1 is 1.35 bits per heavy atom. The van der Waals surface area contributed by atoms with Gasteiger partial charge in [0, 0.05) is 17.8 Å². The number of benzene rings is 1. The fourth-order valence-corrected chi connectivity index (χ4v) is 2.72. The zero-order chi connectivity index (χ0) is 16.2. The molecule has 0 fully saturated rings. The summed E-state index contributed by atoms with van der Waals surface area (Å²) < 4.78 is 6.89. The van der Waals surface area contributed by atoms with Crippen LogP contribution in [0.4, 0.5) is 0 Å². The van der Waals surface area contributed by atoms with E-state index in [1.54, 1.807) is 11.6 Å². The quantitative estimate of drug-likeness (QED) is 0.725. The summed E-state index contributed by atoms with van der Waals surface area (Å²) in [7, 11) is 0. The number of hydrogen-bond donors (Lipinski definition) is 1. The maximum atomic E-state index is 12.2. The zero-order valence-electron chi connectivity index (χ0n) is 12.5. The van der Waals surface area contributed by atoms with E-state index < -0.39 is 5.91 Å². The van der Waals surface area contributed by atoms with Gasteiger partial charge in [-0.15, -0.1) is 11.3 Å². The second-order valence-corrected chi connectivity index (χ2v) is 5.82. The SMILES string of the molecule is Cc1ccc(OCCNC(=O)c2cnc3sccn3c2=O)cc1. The minimum absolute atomic E-state index is 0.0243. The van der Waals surface area contributed by atoms with Crippen molar-refractivity contribution in [2.75, 3.05) is 13.2 Å². The van der Waals surface area contributed by atoms with Gasteiger partial charge >= 0.3 is 0 Å². The number of aryl methyl sites for hydroxylation is 1. The molecule has 118 valence electrons. The Kier molecular flexibility index (Phi) is 4.38. The first-order valence-corrected chi connectivity index (χ1v) is 7.95. The topological polar surface area (TPSA) is 72.7 Å². The van der Waals surface area contributed by atoms with Crippen molar-refractivity contribution in [1.82, 2.24) is 14.7 Å². The average molecular weight is 329 g/mol. The van der Waals surface area contributed by atoms with Crippen molar-refractivity contribution in [3.05, 3.63) is 63.5 Å². The zero-order valence-corrected chi connectivity index (χ0v) is 13.3. The third-order valence-electron chi connectivity index (χ3n) is 3.26. The molecule has 3 aromatic rings. The summed E-state index contributed by atoms with van der Waals surface area (Å²) in [6.45, 7) is 2.63. The van der Waals surface area contributed by atoms with Crippen LogP contribution in [0, 0.1) is 6.92 Å². The molecule has 0 atom stereocenters. The van der Waals surface area contributed by atoms with Gasteiger partial charge in [0.25, 0.3) is 11.5 Å². The van der Waals surface area contributed by atoms with Gasteiger partial charge in [-0.25, -0.2) is 4.98 Å². The number of carbonyl (C=O) groups is 1. The van der Waals surface area contributed by atoms with Gasteiger partial charge in [0.2, 0.25) is 0 Å². The van der Waals surface area contributed by atoms with Crippen molar-refractivity contribution in [3.8, 4) is 5.75 Å². The molecule has 0 unspecified atom stereocenters. The van der Waals surface area contributed by atoms with Gasteiger partial charge in [0.05, 0.1) is 6.54 Å². The molecule has 2 aromatic heterocycles. The van der Waals surface area contributed by atoms with E-state index in [0.29, 0.717) is 18.1 Å². The number of nitrogens with one attached hydrogen (secondary N) is 1. The Hall–Kier alpha value is -2.67. The number of rotatable bonds is 5. The summed E-state index contributed by atoms with van der Waals surface area (Å²) in [5, 5.41) is 4.42. The smallest absolute Gasteiger partial charge is 0.271 e. The number of amides is 1. The molecule has 23 heavy (non-hydrogen) atoms. The van der Waals surface area contributed by atoms with Gasteiger partial charge in [-0.3, -0.25) is 14.0 Å². The monoisotopic (exact) mass is 329 g/mol. The molecule has 0 bridgehead atoms. The summed E-state index contributed by atoms with van der Waals surface area (Å²) in [6, 6.07) is 7.66. The van der Waals surface area contributed by atoms with Crippen LogP contribution in [0.5, 0.6) is 5.75 Å². The van der Waals surface area contributed by atoms with Crippen LogP contribution in [-0.2, 0) is 0 Å². The Labute approximate surface area is 136 Å². The number of hydrogen-bond acceptors (Lipinski definition) is 5. The van der Waals surface area contributed by atoms with Crippen molar-refractivity contribution in [2.45, 2.75) is 6.92 Å². The predicted octanol–water partition coefficient (Wildman–Crippen LogP) is 1.87. The predicted molar refractivity (Wildman–Crippen MR) is 88.3 cm³/mol. The van der Waals surface area contributed by atoms with Crippen molar-refractivity contribution in [2.24, 2.45) is 0 Å². The van der Waals surface area contributed by atoms with Crippen LogP contribution in [0.15, 0.2) is 46.8 Å². The van der Waals surface area contributed by atoms with Crippen molar-refractivity contribution < 1.29 is 9.53 Å². The van der Waals surface area contributed by atoms with Gasteiger partial charge < -0.3 is 10.1 Å². The Morgan fingerprint density at radius 2 is 2.13 bits per heavy atom. The summed E-state index contributed by atoms with van der Waals surface area (Å²) in [5.41, 5.74) is 0.812. The molecule has 0 aliphatic rings. The second kappa shape index (κ2) is 6.62. The van der Waals surface area contributed by atoms with E-state index in [1.165, 1.54) is 21.9 Å². The minimum Gasteiger partial charge on any atom is -0.492 e. The van der Waals surface area contributed by atoms with E-state index >= 15 is 0 Å².